The monoisotopic (exact) mass is 472 g/mol. The summed E-state index contributed by atoms with van der Waals surface area (Å²) in [5, 5.41) is 14.5. The Morgan fingerprint density at radius 3 is 2.09 bits per heavy atom. The number of ether oxygens (including phenoxy) is 1. The molecule has 3 N–H and O–H groups in total. The van der Waals surface area contributed by atoms with Crippen LogP contribution in [0.5, 0.6) is 0 Å². The van der Waals surface area contributed by atoms with Crippen molar-refractivity contribution in [2.24, 2.45) is 5.41 Å². The maximum absolute atomic E-state index is 12.8. The van der Waals surface area contributed by atoms with E-state index in [1.807, 2.05) is 36.4 Å². The van der Waals surface area contributed by atoms with Crippen molar-refractivity contribution >= 4 is 23.7 Å². The third kappa shape index (κ3) is 5.51. The molecule has 0 bridgehead atoms. The van der Waals surface area contributed by atoms with E-state index < -0.39 is 23.4 Å². The minimum atomic E-state index is -0.929. The zero-order valence-corrected chi connectivity index (χ0v) is 19.7. The predicted octanol–water partition coefficient (Wildman–Crippen LogP) is 5.28. The number of nitrogens with one attached hydrogen (secondary N) is 2. The van der Waals surface area contributed by atoms with Crippen molar-refractivity contribution < 1.29 is 24.2 Å². The molecule has 0 heterocycles. The Hall–Kier alpha value is -4.13. The van der Waals surface area contributed by atoms with Gasteiger partial charge in [-0.05, 0) is 39.8 Å². The highest BCUT2D eigenvalue weighted by Crippen LogP contribution is 2.44. The quantitative estimate of drug-likeness (QED) is 0.414. The van der Waals surface area contributed by atoms with E-state index in [0.29, 0.717) is 5.69 Å². The molecule has 0 aliphatic heterocycles. The Morgan fingerprint density at radius 2 is 1.46 bits per heavy atom. The Kier molecular flexibility index (Phi) is 6.87. The molecular weight excluding hydrogens is 444 g/mol. The van der Waals surface area contributed by atoms with Crippen LogP contribution in [0, 0.1) is 5.41 Å². The number of carboxylic acids is 1. The van der Waals surface area contributed by atoms with Gasteiger partial charge in [0.25, 0.3) is 5.91 Å². The Morgan fingerprint density at radius 1 is 0.886 bits per heavy atom. The number of fused-ring (bicyclic) bond motifs is 3. The zero-order chi connectivity index (χ0) is 25.0. The van der Waals surface area contributed by atoms with Crippen LogP contribution < -0.4 is 10.6 Å². The molecule has 1 aliphatic carbocycles. The number of anilines is 1. The number of hydrogen-bond acceptors (Lipinski definition) is 4. The summed E-state index contributed by atoms with van der Waals surface area (Å²) in [6, 6.07) is 22.8. The van der Waals surface area contributed by atoms with E-state index in [4.69, 9.17) is 9.84 Å². The van der Waals surface area contributed by atoms with E-state index in [9.17, 15) is 14.4 Å². The van der Waals surface area contributed by atoms with E-state index in [-0.39, 0.29) is 31.1 Å². The van der Waals surface area contributed by atoms with Gasteiger partial charge in [-0.2, -0.15) is 0 Å². The average Bonchev–Trinajstić information content (AvgIpc) is 3.14. The Balaban J connectivity index is 1.41. The van der Waals surface area contributed by atoms with E-state index in [2.05, 4.69) is 22.8 Å². The number of hydrogen-bond donors (Lipinski definition) is 3. The van der Waals surface area contributed by atoms with Crippen LogP contribution in [-0.4, -0.2) is 36.2 Å². The molecule has 3 aromatic rings. The van der Waals surface area contributed by atoms with Gasteiger partial charge in [-0.15, -0.1) is 0 Å². The fraction of sp³-hybridized carbons (Fsp3) is 0.250. The first kappa shape index (κ1) is 24.0. The largest absolute Gasteiger partial charge is 0.481 e. The van der Waals surface area contributed by atoms with E-state index in [1.165, 1.54) is 0 Å². The molecule has 0 spiro atoms. The SMILES string of the molecule is CC(C)(CNC(=O)c1ccccc1NC(=O)OCC1c2ccccc2-c2ccccc21)CC(=O)O. The summed E-state index contributed by atoms with van der Waals surface area (Å²) in [7, 11) is 0. The second-order valence-electron chi connectivity index (χ2n) is 9.41. The van der Waals surface area contributed by atoms with Gasteiger partial charge in [-0.3, -0.25) is 14.9 Å². The van der Waals surface area contributed by atoms with Crippen LogP contribution in [-0.2, 0) is 9.53 Å². The van der Waals surface area contributed by atoms with Gasteiger partial charge in [-0.1, -0.05) is 74.5 Å². The maximum Gasteiger partial charge on any atom is 0.411 e. The summed E-state index contributed by atoms with van der Waals surface area (Å²) >= 11 is 0. The number of carbonyl (C=O) groups excluding carboxylic acids is 2. The number of benzene rings is 3. The van der Waals surface area contributed by atoms with Gasteiger partial charge in [0.05, 0.1) is 17.7 Å². The topological polar surface area (TPSA) is 105 Å². The van der Waals surface area contributed by atoms with Crippen LogP contribution in [0.25, 0.3) is 11.1 Å². The molecule has 35 heavy (non-hydrogen) atoms. The Bertz CT molecular complexity index is 1220. The summed E-state index contributed by atoms with van der Waals surface area (Å²) in [5.74, 6) is -1.40. The van der Waals surface area contributed by atoms with Crippen LogP contribution in [0.15, 0.2) is 72.8 Å². The van der Waals surface area contributed by atoms with Crippen molar-refractivity contribution in [3.8, 4) is 11.1 Å². The number of carbonyl (C=O) groups is 3. The number of para-hydroxylation sites is 1. The molecule has 7 heteroatoms. The second-order valence-corrected chi connectivity index (χ2v) is 9.41. The summed E-state index contributed by atoms with van der Waals surface area (Å²) in [4.78, 5) is 36.5. The van der Waals surface area contributed by atoms with Gasteiger partial charge in [0.2, 0.25) is 0 Å². The van der Waals surface area contributed by atoms with Crippen LogP contribution in [0.4, 0.5) is 10.5 Å². The normalized spacial score (nSPS) is 12.4. The highest BCUT2D eigenvalue weighted by molar-refractivity contribution is 6.02. The molecule has 0 saturated heterocycles. The maximum atomic E-state index is 12.8. The highest BCUT2D eigenvalue weighted by atomic mass is 16.5. The predicted molar refractivity (Wildman–Crippen MR) is 134 cm³/mol. The van der Waals surface area contributed by atoms with Crippen LogP contribution >= 0.6 is 0 Å². The summed E-state index contributed by atoms with van der Waals surface area (Å²) in [5.41, 5.74) is 4.49. The minimum absolute atomic E-state index is 0.0665. The van der Waals surface area contributed by atoms with E-state index in [1.54, 1.807) is 38.1 Å². The molecule has 0 radical (unpaired) electrons. The van der Waals surface area contributed by atoms with Gasteiger partial charge < -0.3 is 15.2 Å². The van der Waals surface area contributed by atoms with Crippen molar-refractivity contribution in [2.75, 3.05) is 18.5 Å². The fourth-order valence-corrected chi connectivity index (χ4v) is 4.42. The molecule has 0 fully saturated rings. The Labute approximate surface area is 204 Å². The van der Waals surface area contributed by atoms with Crippen LogP contribution in [0.1, 0.15) is 47.7 Å². The van der Waals surface area contributed by atoms with Gasteiger partial charge in [-0.25, -0.2) is 4.79 Å². The lowest BCUT2D eigenvalue weighted by atomic mass is 9.89. The number of rotatable bonds is 8. The fourth-order valence-electron chi connectivity index (χ4n) is 4.42. The summed E-state index contributed by atoms with van der Waals surface area (Å²) in [6.45, 7) is 3.87. The van der Waals surface area contributed by atoms with E-state index in [0.717, 1.165) is 22.3 Å². The van der Waals surface area contributed by atoms with Gasteiger partial charge in [0, 0.05) is 12.5 Å². The van der Waals surface area contributed by atoms with Crippen LogP contribution in [0.3, 0.4) is 0 Å². The van der Waals surface area contributed by atoms with Gasteiger partial charge in [0.15, 0.2) is 0 Å². The summed E-state index contributed by atoms with van der Waals surface area (Å²) in [6.07, 6.45) is -0.731. The molecule has 7 nitrogen and oxygen atoms in total. The molecule has 1 aliphatic rings. The number of carboxylic acid groups (broad SMARTS) is 1. The van der Waals surface area contributed by atoms with Gasteiger partial charge >= 0.3 is 12.1 Å². The molecule has 2 amide bonds. The van der Waals surface area contributed by atoms with Crippen molar-refractivity contribution in [3.05, 3.63) is 89.5 Å². The first-order valence-corrected chi connectivity index (χ1v) is 11.5. The lowest BCUT2D eigenvalue weighted by Crippen LogP contribution is -2.35. The average molecular weight is 473 g/mol. The molecular formula is C28H28N2O5. The lowest BCUT2D eigenvalue weighted by Gasteiger charge is -2.23. The van der Waals surface area contributed by atoms with Crippen LogP contribution in [0.2, 0.25) is 0 Å². The molecule has 0 unspecified atom stereocenters. The smallest absolute Gasteiger partial charge is 0.411 e. The number of aliphatic carboxylic acids is 1. The first-order valence-electron chi connectivity index (χ1n) is 11.5. The van der Waals surface area contributed by atoms with E-state index >= 15 is 0 Å². The van der Waals surface area contributed by atoms with Crippen molar-refractivity contribution in [3.63, 3.8) is 0 Å². The van der Waals surface area contributed by atoms with Crippen molar-refractivity contribution in [1.29, 1.82) is 0 Å². The van der Waals surface area contributed by atoms with Crippen molar-refractivity contribution in [1.82, 2.24) is 5.32 Å². The molecule has 3 aromatic carbocycles. The molecule has 0 aromatic heterocycles. The first-order chi connectivity index (χ1) is 16.7. The summed E-state index contributed by atoms with van der Waals surface area (Å²) < 4.78 is 5.59. The standard InChI is InChI=1S/C28H28N2O5/c1-28(2,15-25(31)32)17-29-26(33)22-13-7-8-14-24(22)30-27(34)35-16-23-20-11-5-3-9-18(20)19-10-4-6-12-21(19)23/h3-14,23H,15-17H2,1-2H3,(H,29,33)(H,30,34)(H,31,32). The minimum Gasteiger partial charge on any atom is -0.481 e. The molecule has 0 saturated carbocycles. The third-order valence-corrected chi connectivity index (χ3v) is 6.11. The zero-order valence-electron chi connectivity index (χ0n) is 19.7. The van der Waals surface area contributed by atoms with Gasteiger partial charge in [0.1, 0.15) is 6.61 Å². The lowest BCUT2D eigenvalue weighted by molar-refractivity contribution is -0.139. The highest BCUT2D eigenvalue weighted by Gasteiger charge is 2.29. The molecule has 180 valence electrons. The van der Waals surface area contributed by atoms with Crippen molar-refractivity contribution in [2.45, 2.75) is 26.2 Å². The molecule has 4 rings (SSSR count). The molecule has 0 atom stereocenters. The second kappa shape index (κ2) is 10.0. The number of amides is 2. The third-order valence-electron chi connectivity index (χ3n) is 6.11.